The molecule has 10 nitrogen and oxygen atoms in total. The molecular weight excluding hydrogens is 648 g/mol. The molecule has 2 amide bonds. The topological polar surface area (TPSA) is 144 Å². The standard InChI is InChI=1S/C41H32N2O8/c1-51-34-19-12-24(20-33(34)44)37-28-17-18-29-36(40(48)42(39(29)47)26-13-15-27(16-14-26)43(49)50)31(28)21-32-38(46)30(23-8-4-2-5-9-23)22-35(45)41(32,37)25-10-6-3-7-11-25/h2-17,19-20,22,29,31-32,36-37,44H,18,21H2,1H3. The van der Waals surface area contributed by atoms with Gasteiger partial charge in [0.05, 0.1) is 35.0 Å². The Kier molecular flexibility index (Phi) is 7.55. The van der Waals surface area contributed by atoms with Gasteiger partial charge < -0.3 is 9.84 Å². The van der Waals surface area contributed by atoms with E-state index in [9.17, 15) is 29.6 Å². The first-order chi connectivity index (χ1) is 24.7. The van der Waals surface area contributed by atoms with Gasteiger partial charge in [-0.2, -0.15) is 0 Å². The molecule has 1 N–H and O–H groups in total. The molecule has 6 atom stereocenters. The average molecular weight is 681 g/mol. The lowest BCUT2D eigenvalue weighted by molar-refractivity contribution is -0.384. The van der Waals surface area contributed by atoms with Gasteiger partial charge in [0, 0.05) is 29.5 Å². The molecule has 2 fully saturated rings. The summed E-state index contributed by atoms with van der Waals surface area (Å²) < 4.78 is 5.35. The minimum absolute atomic E-state index is 0.127. The number of methoxy groups -OCH3 is 1. The van der Waals surface area contributed by atoms with Crippen molar-refractivity contribution >= 4 is 40.3 Å². The Morgan fingerprint density at radius 2 is 1.55 bits per heavy atom. The summed E-state index contributed by atoms with van der Waals surface area (Å²) in [5.41, 5.74) is 1.48. The highest BCUT2D eigenvalue weighted by Crippen LogP contribution is 2.64. The molecule has 4 aromatic rings. The summed E-state index contributed by atoms with van der Waals surface area (Å²) in [7, 11) is 1.44. The molecule has 1 saturated heterocycles. The summed E-state index contributed by atoms with van der Waals surface area (Å²) in [5, 5.41) is 22.4. The quantitative estimate of drug-likeness (QED) is 0.108. The van der Waals surface area contributed by atoms with Gasteiger partial charge in [-0.15, -0.1) is 0 Å². The number of non-ortho nitro benzene ring substituents is 1. The van der Waals surface area contributed by atoms with Crippen LogP contribution in [-0.2, 0) is 24.6 Å². The SMILES string of the molecule is COc1ccc(C2C3=CCC4C(=O)N(c5ccc([N+](=O)[O-])cc5)C(=O)C4C3CC3C(=O)C(c4ccccc4)=CC(=O)C32c2ccccc2)cc1O. The van der Waals surface area contributed by atoms with Gasteiger partial charge in [0.2, 0.25) is 11.8 Å². The number of fused-ring (bicyclic) bond motifs is 4. The fraction of sp³-hybridized carbons (Fsp3) is 0.220. The fourth-order valence-corrected chi connectivity index (χ4v) is 9.11. The summed E-state index contributed by atoms with van der Waals surface area (Å²) in [6, 6.07) is 28.5. The van der Waals surface area contributed by atoms with Crippen molar-refractivity contribution in [3.05, 3.63) is 148 Å². The minimum Gasteiger partial charge on any atom is -0.504 e. The van der Waals surface area contributed by atoms with Gasteiger partial charge in [-0.25, -0.2) is 0 Å². The van der Waals surface area contributed by atoms with Crippen LogP contribution in [0.1, 0.15) is 35.4 Å². The highest BCUT2D eigenvalue weighted by atomic mass is 16.6. The Balaban J connectivity index is 1.33. The van der Waals surface area contributed by atoms with Crippen LogP contribution in [0.25, 0.3) is 5.57 Å². The zero-order valence-electron chi connectivity index (χ0n) is 27.5. The van der Waals surface area contributed by atoms with E-state index < -0.39 is 51.7 Å². The zero-order valence-corrected chi connectivity index (χ0v) is 27.5. The number of phenols is 1. The maximum atomic E-state index is 15.1. The number of Topliss-reactive ketones (excluding diaryl/α,β-unsaturated/α-hetero) is 1. The van der Waals surface area contributed by atoms with E-state index in [0.717, 1.165) is 10.5 Å². The van der Waals surface area contributed by atoms with Gasteiger partial charge in [0.15, 0.2) is 23.1 Å². The Hall–Kier alpha value is -6.16. The molecule has 0 bridgehead atoms. The van der Waals surface area contributed by atoms with Crippen LogP contribution in [0.15, 0.2) is 121 Å². The molecule has 51 heavy (non-hydrogen) atoms. The molecule has 1 aliphatic heterocycles. The number of ether oxygens (including phenoxy) is 1. The number of phenolic OH excluding ortho intramolecular Hbond substituents is 1. The first-order valence-corrected chi connectivity index (χ1v) is 16.8. The molecule has 8 rings (SSSR count). The minimum atomic E-state index is -1.43. The predicted molar refractivity (Wildman–Crippen MR) is 187 cm³/mol. The molecule has 4 aliphatic rings. The summed E-state index contributed by atoms with van der Waals surface area (Å²) in [4.78, 5) is 70.4. The van der Waals surface area contributed by atoms with Gasteiger partial charge in [-0.3, -0.25) is 34.2 Å². The summed E-state index contributed by atoms with van der Waals surface area (Å²) in [6.07, 6.45) is 3.73. The van der Waals surface area contributed by atoms with E-state index in [4.69, 9.17) is 4.74 Å². The fourth-order valence-electron chi connectivity index (χ4n) is 9.11. The van der Waals surface area contributed by atoms with Crippen molar-refractivity contribution in [1.82, 2.24) is 0 Å². The van der Waals surface area contributed by atoms with Crippen LogP contribution >= 0.6 is 0 Å². The normalized spacial score (nSPS) is 26.8. The van der Waals surface area contributed by atoms with Crippen molar-refractivity contribution in [3.8, 4) is 11.5 Å². The monoisotopic (exact) mass is 680 g/mol. The number of nitrogens with zero attached hydrogens (tertiary/aromatic N) is 2. The lowest BCUT2D eigenvalue weighted by Crippen LogP contribution is -2.58. The number of nitro groups is 1. The van der Waals surface area contributed by atoms with E-state index >= 15 is 4.79 Å². The van der Waals surface area contributed by atoms with Gasteiger partial charge in [0.25, 0.3) is 5.69 Å². The van der Waals surface area contributed by atoms with Gasteiger partial charge in [-0.1, -0.05) is 78.4 Å². The Labute approximate surface area is 292 Å². The molecule has 1 saturated carbocycles. The number of amides is 2. The Bertz CT molecular complexity index is 2190. The molecule has 0 spiro atoms. The number of carbonyl (C=O) groups excluding carboxylic acids is 4. The van der Waals surface area contributed by atoms with Crippen molar-refractivity contribution in [3.63, 3.8) is 0 Å². The largest absolute Gasteiger partial charge is 0.504 e. The van der Waals surface area contributed by atoms with E-state index in [1.807, 2.05) is 42.5 Å². The van der Waals surface area contributed by atoms with Crippen LogP contribution in [0.4, 0.5) is 11.4 Å². The number of aromatic hydroxyl groups is 1. The Morgan fingerprint density at radius 3 is 2.20 bits per heavy atom. The molecule has 3 aliphatic carbocycles. The predicted octanol–water partition coefficient (Wildman–Crippen LogP) is 6.34. The summed E-state index contributed by atoms with van der Waals surface area (Å²) in [6.45, 7) is 0. The Morgan fingerprint density at radius 1 is 0.863 bits per heavy atom. The molecule has 10 heteroatoms. The van der Waals surface area contributed by atoms with Crippen molar-refractivity contribution in [1.29, 1.82) is 0 Å². The van der Waals surface area contributed by atoms with Gasteiger partial charge >= 0.3 is 0 Å². The first kappa shape index (κ1) is 32.1. The van der Waals surface area contributed by atoms with Gasteiger partial charge in [-0.05, 0) is 65.8 Å². The van der Waals surface area contributed by atoms with Crippen molar-refractivity contribution in [2.24, 2.45) is 23.7 Å². The average Bonchev–Trinajstić information content (AvgIpc) is 3.41. The number of hydrogen-bond acceptors (Lipinski definition) is 8. The highest BCUT2D eigenvalue weighted by Gasteiger charge is 2.66. The maximum absolute atomic E-state index is 15.1. The van der Waals surface area contributed by atoms with E-state index in [-0.39, 0.29) is 52.9 Å². The second-order valence-corrected chi connectivity index (χ2v) is 13.5. The van der Waals surface area contributed by atoms with Crippen LogP contribution in [0.3, 0.4) is 0 Å². The third-order valence-corrected chi connectivity index (χ3v) is 11.2. The number of allylic oxidation sites excluding steroid dienone is 4. The third kappa shape index (κ3) is 4.70. The van der Waals surface area contributed by atoms with Crippen LogP contribution < -0.4 is 9.64 Å². The van der Waals surface area contributed by atoms with E-state index in [0.29, 0.717) is 16.7 Å². The number of carbonyl (C=O) groups is 4. The van der Waals surface area contributed by atoms with E-state index in [1.165, 1.54) is 37.5 Å². The van der Waals surface area contributed by atoms with Crippen LogP contribution in [0.5, 0.6) is 11.5 Å². The second-order valence-electron chi connectivity index (χ2n) is 13.5. The second kappa shape index (κ2) is 12.0. The number of benzene rings is 4. The summed E-state index contributed by atoms with van der Waals surface area (Å²) >= 11 is 0. The number of imide groups is 1. The van der Waals surface area contributed by atoms with Crippen LogP contribution in [0, 0.1) is 33.8 Å². The number of anilines is 1. The van der Waals surface area contributed by atoms with Crippen molar-refractivity contribution in [2.45, 2.75) is 24.2 Å². The molecule has 1 heterocycles. The zero-order chi connectivity index (χ0) is 35.6. The molecular formula is C41H32N2O8. The van der Waals surface area contributed by atoms with Crippen LogP contribution in [-0.4, -0.2) is 40.5 Å². The van der Waals surface area contributed by atoms with Crippen molar-refractivity contribution < 1.29 is 33.9 Å². The van der Waals surface area contributed by atoms with Crippen LogP contribution in [0.2, 0.25) is 0 Å². The number of hydrogen-bond donors (Lipinski definition) is 1. The molecule has 254 valence electrons. The lowest BCUT2D eigenvalue weighted by Gasteiger charge is -2.55. The summed E-state index contributed by atoms with van der Waals surface area (Å²) in [5.74, 6) is -5.17. The van der Waals surface area contributed by atoms with Crippen molar-refractivity contribution in [2.75, 3.05) is 12.0 Å². The molecule has 6 unspecified atom stereocenters. The number of ketones is 2. The highest BCUT2D eigenvalue weighted by molar-refractivity contribution is 6.32. The maximum Gasteiger partial charge on any atom is 0.269 e. The van der Waals surface area contributed by atoms with E-state index in [1.54, 1.807) is 42.5 Å². The number of rotatable bonds is 6. The van der Waals surface area contributed by atoms with E-state index in [2.05, 4.69) is 0 Å². The third-order valence-electron chi connectivity index (χ3n) is 11.2. The molecule has 0 aromatic heterocycles. The smallest absolute Gasteiger partial charge is 0.269 e. The molecule has 0 radical (unpaired) electrons. The molecule has 4 aromatic carbocycles. The van der Waals surface area contributed by atoms with Gasteiger partial charge in [0.1, 0.15) is 0 Å². The lowest BCUT2D eigenvalue weighted by atomic mass is 9.44. The first-order valence-electron chi connectivity index (χ1n) is 16.8. The number of nitro benzene ring substituents is 1.